The van der Waals surface area contributed by atoms with E-state index < -0.39 is 13.4 Å². The maximum Gasteiger partial charge on any atom is 0.351 e. The standard InChI is InChI=1S/C47H56NO7P/c1-8-52-56(51,53-9-2)47(48-32(7)33-16-11-10-12-17-33)42-28-40-26-38-22-14-20-36(45(38)54-30(3)4)24-34-18-13-19-35(43(34)49)25-37-21-15-23-39(46(37)55-31(5)6)27-41(29-42)44(40)50/h10-23,28-32,47-50H,8-9,24-27H2,1-7H3/t32-,47+/m1/s1. The van der Waals surface area contributed by atoms with Crippen molar-refractivity contribution in [3.05, 3.63) is 153 Å². The third-order valence-corrected chi connectivity index (χ3v) is 12.4. The van der Waals surface area contributed by atoms with Gasteiger partial charge in [-0.25, -0.2) is 0 Å². The maximum atomic E-state index is 14.9. The lowest BCUT2D eigenvalue weighted by Crippen LogP contribution is -2.27. The lowest BCUT2D eigenvalue weighted by Gasteiger charge is -2.31. The lowest BCUT2D eigenvalue weighted by molar-refractivity contribution is 0.205. The molecule has 0 saturated carbocycles. The molecular formula is C47H56NO7P. The fraction of sp³-hybridized carbons (Fsp3) is 0.362. The molecule has 5 aromatic carbocycles. The molecule has 5 aromatic rings. The van der Waals surface area contributed by atoms with Gasteiger partial charge in [0.1, 0.15) is 28.8 Å². The topological polar surface area (TPSA) is 106 Å². The molecule has 6 rings (SSSR count). The highest BCUT2D eigenvalue weighted by Crippen LogP contribution is 2.60. The number of phenols is 2. The largest absolute Gasteiger partial charge is 0.507 e. The molecule has 9 heteroatoms. The summed E-state index contributed by atoms with van der Waals surface area (Å²) in [4.78, 5) is 0. The van der Waals surface area contributed by atoms with Crippen LogP contribution in [0.15, 0.2) is 97.1 Å². The molecule has 0 amide bonds. The van der Waals surface area contributed by atoms with Gasteiger partial charge in [-0.05, 0) is 116 Å². The zero-order valence-electron chi connectivity index (χ0n) is 33.7. The number of aromatic hydroxyl groups is 2. The van der Waals surface area contributed by atoms with Crippen molar-refractivity contribution < 1.29 is 33.3 Å². The van der Waals surface area contributed by atoms with Crippen LogP contribution in [0, 0.1) is 0 Å². The molecule has 0 heterocycles. The summed E-state index contributed by atoms with van der Waals surface area (Å²) < 4.78 is 40.1. The van der Waals surface area contributed by atoms with Crippen LogP contribution >= 0.6 is 7.60 Å². The van der Waals surface area contributed by atoms with Crippen LogP contribution < -0.4 is 14.8 Å². The molecule has 8 bridgehead atoms. The van der Waals surface area contributed by atoms with Crippen LogP contribution in [0.1, 0.15) is 116 Å². The molecule has 0 fully saturated rings. The van der Waals surface area contributed by atoms with Crippen molar-refractivity contribution in [2.24, 2.45) is 0 Å². The Morgan fingerprint density at radius 1 is 0.554 bits per heavy atom. The molecule has 296 valence electrons. The first kappa shape index (κ1) is 41.1. The summed E-state index contributed by atoms with van der Waals surface area (Å²) >= 11 is 0. The van der Waals surface area contributed by atoms with Crippen LogP contribution in [-0.2, 0) is 39.3 Å². The summed E-state index contributed by atoms with van der Waals surface area (Å²) in [5, 5.41) is 27.6. The van der Waals surface area contributed by atoms with Crippen LogP contribution in [-0.4, -0.2) is 35.6 Å². The predicted molar refractivity (Wildman–Crippen MR) is 223 cm³/mol. The number of ether oxygens (including phenoxy) is 2. The number of hydrogen-bond acceptors (Lipinski definition) is 8. The summed E-state index contributed by atoms with van der Waals surface area (Å²) in [6, 6.07) is 31.6. The molecule has 8 nitrogen and oxygen atoms in total. The minimum atomic E-state index is -3.82. The number of fused-ring (bicyclic) bond motifs is 8. The Kier molecular flexibility index (Phi) is 13.3. The average molecular weight is 778 g/mol. The van der Waals surface area contributed by atoms with Crippen LogP contribution in [0.2, 0.25) is 0 Å². The van der Waals surface area contributed by atoms with E-state index in [9.17, 15) is 14.8 Å². The van der Waals surface area contributed by atoms with Gasteiger partial charge in [0.15, 0.2) is 0 Å². The minimum absolute atomic E-state index is 0.128. The van der Waals surface area contributed by atoms with E-state index in [-0.39, 0.29) is 43.0 Å². The molecule has 2 atom stereocenters. The lowest BCUT2D eigenvalue weighted by atomic mass is 9.90. The maximum absolute atomic E-state index is 14.9. The third-order valence-electron chi connectivity index (χ3n) is 10.0. The van der Waals surface area contributed by atoms with Crippen LogP contribution in [0.5, 0.6) is 23.0 Å². The SMILES string of the molecule is CCOP(=O)(OCC)[C@H](N[C@H](C)c1ccccc1)c1cc2c(O)c(c1)Cc1cccc(c1OC(C)C)Cc1cccc(c1O)Cc1cccc(c1OC(C)C)C2. The molecule has 0 unspecified atom stereocenters. The number of nitrogens with one attached hydrogen (secondary N) is 1. The summed E-state index contributed by atoms with van der Waals surface area (Å²) in [5.41, 5.74) is 8.16. The molecule has 56 heavy (non-hydrogen) atoms. The molecule has 0 saturated heterocycles. The molecule has 0 spiro atoms. The van der Waals surface area contributed by atoms with E-state index in [4.69, 9.17) is 18.5 Å². The zero-order valence-corrected chi connectivity index (χ0v) is 34.6. The highest BCUT2D eigenvalue weighted by atomic mass is 31.2. The Balaban J connectivity index is 1.62. The van der Waals surface area contributed by atoms with E-state index in [2.05, 4.69) is 5.32 Å². The number of hydrogen-bond donors (Lipinski definition) is 3. The van der Waals surface area contributed by atoms with Gasteiger partial charge in [-0.3, -0.25) is 9.88 Å². The monoisotopic (exact) mass is 777 g/mol. The summed E-state index contributed by atoms with van der Waals surface area (Å²) in [6.45, 7) is 14.0. The Morgan fingerprint density at radius 3 is 1.36 bits per heavy atom. The van der Waals surface area contributed by atoms with Gasteiger partial charge >= 0.3 is 7.60 Å². The number of rotatable bonds is 13. The fourth-order valence-corrected chi connectivity index (χ4v) is 9.58. The smallest absolute Gasteiger partial charge is 0.351 e. The van der Waals surface area contributed by atoms with E-state index in [1.165, 1.54) is 0 Å². The van der Waals surface area contributed by atoms with Gasteiger partial charge in [-0.15, -0.1) is 0 Å². The second kappa shape index (κ2) is 18.1. The summed E-state index contributed by atoms with van der Waals surface area (Å²) in [5.74, 6) is 0.952. The van der Waals surface area contributed by atoms with Crippen molar-refractivity contribution in [3.63, 3.8) is 0 Å². The fourth-order valence-electron chi connectivity index (χ4n) is 7.56. The third kappa shape index (κ3) is 9.33. The minimum Gasteiger partial charge on any atom is -0.507 e. The van der Waals surface area contributed by atoms with Crippen LogP contribution in [0.4, 0.5) is 0 Å². The number of para-hydroxylation sites is 3. The molecule has 0 radical (unpaired) electrons. The first-order valence-electron chi connectivity index (χ1n) is 19.8. The molecular weight excluding hydrogens is 721 g/mol. The van der Waals surface area contributed by atoms with Crippen molar-refractivity contribution in [1.29, 1.82) is 0 Å². The molecule has 0 aromatic heterocycles. The van der Waals surface area contributed by atoms with E-state index in [1.54, 1.807) is 0 Å². The Morgan fingerprint density at radius 2 is 0.946 bits per heavy atom. The molecule has 1 aliphatic carbocycles. The summed E-state index contributed by atoms with van der Waals surface area (Å²) in [6.07, 6.45) is 1.26. The Hall–Kier alpha value is -4.59. The van der Waals surface area contributed by atoms with Crippen LogP contribution in [0.25, 0.3) is 0 Å². The second-order valence-corrected chi connectivity index (χ2v) is 17.2. The van der Waals surface area contributed by atoms with Crippen molar-refractivity contribution in [3.8, 4) is 23.0 Å². The van der Waals surface area contributed by atoms with Crippen molar-refractivity contribution >= 4 is 7.60 Å². The average Bonchev–Trinajstić information content (AvgIpc) is 3.16. The van der Waals surface area contributed by atoms with Crippen molar-refractivity contribution in [1.82, 2.24) is 5.32 Å². The number of phenolic OH excluding ortho intramolecular Hbond substituents is 2. The van der Waals surface area contributed by atoms with E-state index in [1.807, 2.05) is 146 Å². The van der Waals surface area contributed by atoms with Gasteiger partial charge in [-0.2, -0.15) is 0 Å². The van der Waals surface area contributed by atoms with Crippen molar-refractivity contribution in [2.75, 3.05) is 13.2 Å². The highest BCUT2D eigenvalue weighted by Gasteiger charge is 2.39. The van der Waals surface area contributed by atoms with Crippen molar-refractivity contribution in [2.45, 2.75) is 98.2 Å². The van der Waals surface area contributed by atoms with E-state index in [0.717, 1.165) is 38.9 Å². The second-order valence-electron chi connectivity index (χ2n) is 15.0. The quantitative estimate of drug-likeness (QED) is 0.0996. The van der Waals surface area contributed by atoms with Gasteiger partial charge in [0.25, 0.3) is 0 Å². The highest BCUT2D eigenvalue weighted by molar-refractivity contribution is 7.54. The first-order chi connectivity index (χ1) is 26.9. The van der Waals surface area contributed by atoms with Crippen LogP contribution in [0.3, 0.4) is 0 Å². The van der Waals surface area contributed by atoms with E-state index >= 15 is 0 Å². The summed E-state index contributed by atoms with van der Waals surface area (Å²) in [7, 11) is -3.82. The van der Waals surface area contributed by atoms with Gasteiger partial charge < -0.3 is 28.7 Å². The predicted octanol–water partition coefficient (Wildman–Crippen LogP) is 11.0. The van der Waals surface area contributed by atoms with Gasteiger partial charge in [-0.1, -0.05) is 84.9 Å². The zero-order chi connectivity index (χ0) is 40.0. The normalized spacial score (nSPS) is 14.1. The van der Waals surface area contributed by atoms with Gasteiger partial charge in [0.05, 0.1) is 25.4 Å². The van der Waals surface area contributed by atoms with Gasteiger partial charge in [0.2, 0.25) is 0 Å². The molecule has 0 aliphatic heterocycles. The van der Waals surface area contributed by atoms with Gasteiger partial charge in [0, 0.05) is 31.7 Å². The molecule has 3 N–H and O–H groups in total. The number of benzene rings is 5. The molecule has 1 aliphatic rings. The first-order valence-corrected chi connectivity index (χ1v) is 21.4. The van der Waals surface area contributed by atoms with E-state index in [0.29, 0.717) is 53.9 Å². The Bertz CT molecular complexity index is 2050. The Labute approximate surface area is 332 Å².